The van der Waals surface area contributed by atoms with Gasteiger partial charge in [-0.1, -0.05) is 35.9 Å². The lowest BCUT2D eigenvalue weighted by molar-refractivity contribution is -0.142. The third kappa shape index (κ3) is 2.49. The molecule has 1 atom stereocenters. The van der Waals surface area contributed by atoms with Crippen LogP contribution in [0.2, 0.25) is 5.02 Å². The van der Waals surface area contributed by atoms with Gasteiger partial charge in [0.25, 0.3) is 0 Å². The van der Waals surface area contributed by atoms with E-state index in [2.05, 4.69) is 5.32 Å². The van der Waals surface area contributed by atoms with Crippen LogP contribution < -0.4 is 5.32 Å². The number of anilines is 1. The zero-order valence-electron chi connectivity index (χ0n) is 11.7. The summed E-state index contributed by atoms with van der Waals surface area (Å²) >= 11 is 6.01. The van der Waals surface area contributed by atoms with Gasteiger partial charge in [0.15, 0.2) is 0 Å². The molecule has 0 heterocycles. The van der Waals surface area contributed by atoms with Gasteiger partial charge >= 0.3 is 5.97 Å². The van der Waals surface area contributed by atoms with Gasteiger partial charge in [-0.05, 0) is 41.8 Å². The van der Waals surface area contributed by atoms with E-state index in [1.807, 2.05) is 49.4 Å². The number of fused-ring (bicyclic) bond motifs is 1. The molecule has 0 amide bonds. The Morgan fingerprint density at radius 2 is 1.90 bits per heavy atom. The summed E-state index contributed by atoms with van der Waals surface area (Å²) in [6, 6.07) is 13.3. The molecule has 4 heteroatoms. The number of carboxylic acids is 1. The molecule has 1 unspecified atom stereocenters. The van der Waals surface area contributed by atoms with E-state index in [1.165, 1.54) is 0 Å². The Hall–Kier alpha value is -2.00. The fourth-order valence-corrected chi connectivity index (χ4v) is 3.10. The average Bonchev–Trinajstić information content (AvgIpc) is 2.80. The molecule has 0 radical (unpaired) electrons. The molecule has 2 aromatic rings. The highest BCUT2D eigenvalue weighted by atomic mass is 35.5. The van der Waals surface area contributed by atoms with E-state index >= 15 is 0 Å². The van der Waals surface area contributed by atoms with Crippen LogP contribution in [0.5, 0.6) is 0 Å². The standard InChI is InChI=1S/C17H16ClNO2/c1-11-4-2-3-5-15(11)19-17(16(20)21)9-12-6-7-14(18)8-13(12)10-17/h2-8,19H,9-10H2,1H3,(H,20,21). The third-order valence-corrected chi connectivity index (χ3v) is 4.32. The van der Waals surface area contributed by atoms with E-state index in [9.17, 15) is 9.90 Å². The number of aliphatic carboxylic acids is 1. The van der Waals surface area contributed by atoms with Crippen LogP contribution in [-0.4, -0.2) is 16.6 Å². The second-order valence-corrected chi connectivity index (χ2v) is 6.03. The number of para-hydroxylation sites is 1. The van der Waals surface area contributed by atoms with Crippen LogP contribution in [0, 0.1) is 6.92 Å². The van der Waals surface area contributed by atoms with Crippen molar-refractivity contribution in [3.63, 3.8) is 0 Å². The van der Waals surface area contributed by atoms with Gasteiger partial charge in [0.1, 0.15) is 5.54 Å². The van der Waals surface area contributed by atoms with Crippen LogP contribution in [0.25, 0.3) is 0 Å². The number of aryl methyl sites for hydroxylation is 1. The van der Waals surface area contributed by atoms with E-state index in [1.54, 1.807) is 0 Å². The molecule has 2 N–H and O–H groups in total. The maximum absolute atomic E-state index is 11.9. The fourth-order valence-electron chi connectivity index (χ4n) is 2.91. The second kappa shape index (κ2) is 5.08. The smallest absolute Gasteiger partial charge is 0.330 e. The Morgan fingerprint density at radius 1 is 1.19 bits per heavy atom. The molecule has 0 saturated heterocycles. The molecule has 0 spiro atoms. The normalized spacial score (nSPS) is 20.1. The lowest BCUT2D eigenvalue weighted by Gasteiger charge is -2.27. The molecule has 0 saturated carbocycles. The SMILES string of the molecule is Cc1ccccc1NC1(C(=O)O)Cc2ccc(Cl)cc2C1. The molecule has 0 bridgehead atoms. The van der Waals surface area contributed by atoms with Gasteiger partial charge < -0.3 is 10.4 Å². The van der Waals surface area contributed by atoms with Gasteiger partial charge in [0.2, 0.25) is 0 Å². The van der Waals surface area contributed by atoms with Crippen LogP contribution >= 0.6 is 11.6 Å². The topological polar surface area (TPSA) is 49.3 Å². The maximum atomic E-state index is 11.9. The molecule has 3 nitrogen and oxygen atoms in total. The number of hydrogen-bond acceptors (Lipinski definition) is 2. The number of rotatable bonds is 3. The Balaban J connectivity index is 1.97. The summed E-state index contributed by atoms with van der Waals surface area (Å²) in [7, 11) is 0. The first-order valence-electron chi connectivity index (χ1n) is 6.85. The largest absolute Gasteiger partial charge is 0.479 e. The zero-order chi connectivity index (χ0) is 15.0. The van der Waals surface area contributed by atoms with Crippen molar-refractivity contribution >= 4 is 23.3 Å². The monoisotopic (exact) mass is 301 g/mol. The molecule has 0 fully saturated rings. The minimum absolute atomic E-state index is 0.437. The van der Waals surface area contributed by atoms with Crippen molar-refractivity contribution in [2.45, 2.75) is 25.3 Å². The Labute approximate surface area is 128 Å². The minimum Gasteiger partial charge on any atom is -0.479 e. The van der Waals surface area contributed by atoms with Gasteiger partial charge in [-0.2, -0.15) is 0 Å². The van der Waals surface area contributed by atoms with Crippen LogP contribution in [0.15, 0.2) is 42.5 Å². The van der Waals surface area contributed by atoms with Crippen molar-refractivity contribution in [2.75, 3.05) is 5.32 Å². The molecule has 0 aromatic heterocycles. The summed E-state index contributed by atoms with van der Waals surface area (Å²) in [5.74, 6) is -0.835. The Bertz CT molecular complexity index is 714. The summed E-state index contributed by atoms with van der Waals surface area (Å²) in [6.45, 7) is 1.97. The molecule has 1 aliphatic carbocycles. The molecular formula is C17H16ClNO2. The first-order chi connectivity index (χ1) is 10.00. The van der Waals surface area contributed by atoms with Crippen molar-refractivity contribution in [1.82, 2.24) is 0 Å². The number of carboxylic acid groups (broad SMARTS) is 1. The number of nitrogens with one attached hydrogen (secondary N) is 1. The summed E-state index contributed by atoms with van der Waals surface area (Å²) in [5, 5.41) is 13.7. The summed E-state index contributed by atoms with van der Waals surface area (Å²) in [4.78, 5) is 11.9. The molecular weight excluding hydrogens is 286 g/mol. The number of carbonyl (C=O) groups is 1. The van der Waals surface area contributed by atoms with Crippen molar-refractivity contribution in [3.05, 3.63) is 64.2 Å². The van der Waals surface area contributed by atoms with Gasteiger partial charge in [-0.15, -0.1) is 0 Å². The number of hydrogen-bond donors (Lipinski definition) is 2. The van der Waals surface area contributed by atoms with Crippen LogP contribution in [0.3, 0.4) is 0 Å². The van der Waals surface area contributed by atoms with Gasteiger partial charge in [0.05, 0.1) is 0 Å². The summed E-state index contributed by atoms with van der Waals surface area (Å²) in [5.41, 5.74) is 2.94. The lowest BCUT2D eigenvalue weighted by atomic mass is 9.94. The number of halogens is 1. The van der Waals surface area contributed by atoms with Crippen LogP contribution in [0.4, 0.5) is 5.69 Å². The summed E-state index contributed by atoms with van der Waals surface area (Å²) in [6.07, 6.45) is 0.899. The van der Waals surface area contributed by atoms with Crippen LogP contribution in [-0.2, 0) is 17.6 Å². The highest BCUT2D eigenvalue weighted by molar-refractivity contribution is 6.30. The predicted octanol–water partition coefficient (Wildman–Crippen LogP) is 3.68. The highest BCUT2D eigenvalue weighted by Gasteiger charge is 2.44. The van der Waals surface area contributed by atoms with E-state index < -0.39 is 11.5 Å². The van der Waals surface area contributed by atoms with Crippen molar-refractivity contribution in [2.24, 2.45) is 0 Å². The number of benzene rings is 2. The van der Waals surface area contributed by atoms with Crippen molar-refractivity contribution in [1.29, 1.82) is 0 Å². The molecule has 2 aromatic carbocycles. The highest BCUT2D eigenvalue weighted by Crippen LogP contribution is 2.35. The lowest BCUT2D eigenvalue weighted by Crippen LogP contribution is -2.47. The zero-order valence-corrected chi connectivity index (χ0v) is 12.4. The quantitative estimate of drug-likeness (QED) is 0.909. The minimum atomic E-state index is -1.00. The van der Waals surface area contributed by atoms with Crippen LogP contribution in [0.1, 0.15) is 16.7 Å². The molecule has 3 rings (SSSR count). The first-order valence-corrected chi connectivity index (χ1v) is 7.22. The Morgan fingerprint density at radius 3 is 2.62 bits per heavy atom. The third-order valence-electron chi connectivity index (χ3n) is 4.08. The van der Waals surface area contributed by atoms with E-state index in [4.69, 9.17) is 11.6 Å². The van der Waals surface area contributed by atoms with Gasteiger partial charge in [0, 0.05) is 23.6 Å². The first kappa shape index (κ1) is 14.0. The fraction of sp³-hybridized carbons (Fsp3) is 0.235. The average molecular weight is 302 g/mol. The Kier molecular flexibility index (Phi) is 3.38. The molecule has 108 valence electrons. The van der Waals surface area contributed by atoms with Crippen molar-refractivity contribution in [3.8, 4) is 0 Å². The summed E-state index contributed by atoms with van der Waals surface area (Å²) < 4.78 is 0. The predicted molar refractivity (Wildman–Crippen MR) is 84.0 cm³/mol. The van der Waals surface area contributed by atoms with Gasteiger partial charge in [-0.3, -0.25) is 0 Å². The van der Waals surface area contributed by atoms with Gasteiger partial charge in [-0.25, -0.2) is 4.79 Å². The van der Waals surface area contributed by atoms with E-state index in [-0.39, 0.29) is 0 Å². The van der Waals surface area contributed by atoms with E-state index in [0.717, 1.165) is 22.4 Å². The molecule has 1 aliphatic rings. The second-order valence-electron chi connectivity index (χ2n) is 5.59. The molecule has 21 heavy (non-hydrogen) atoms. The van der Waals surface area contributed by atoms with E-state index in [0.29, 0.717) is 17.9 Å². The molecule has 0 aliphatic heterocycles. The maximum Gasteiger partial charge on any atom is 0.330 e. The van der Waals surface area contributed by atoms with Crippen molar-refractivity contribution < 1.29 is 9.90 Å².